The van der Waals surface area contributed by atoms with Gasteiger partial charge < -0.3 is 19.1 Å². The van der Waals surface area contributed by atoms with Gasteiger partial charge in [-0.15, -0.1) is 0 Å². The van der Waals surface area contributed by atoms with Crippen molar-refractivity contribution in [2.45, 2.75) is 6.92 Å². The van der Waals surface area contributed by atoms with E-state index in [1.165, 1.54) is 0 Å². The van der Waals surface area contributed by atoms with Crippen LogP contribution in [0.25, 0.3) is 6.08 Å². The third-order valence-electron chi connectivity index (χ3n) is 3.05. The molecule has 1 aromatic rings. The molecule has 1 rings (SSSR count). The third kappa shape index (κ3) is 6.74. The van der Waals surface area contributed by atoms with Crippen molar-refractivity contribution in [3.05, 3.63) is 35.9 Å². The van der Waals surface area contributed by atoms with Crippen molar-refractivity contribution in [1.29, 1.82) is 0 Å². The van der Waals surface area contributed by atoms with E-state index >= 15 is 0 Å². The Labute approximate surface area is 132 Å². The lowest BCUT2D eigenvalue weighted by Crippen LogP contribution is -2.35. The maximum atomic E-state index is 12.2. The van der Waals surface area contributed by atoms with Crippen LogP contribution in [0, 0.1) is 0 Å². The van der Waals surface area contributed by atoms with Gasteiger partial charge in [0.2, 0.25) is 5.91 Å². The van der Waals surface area contributed by atoms with Gasteiger partial charge in [0, 0.05) is 33.4 Å². The van der Waals surface area contributed by atoms with E-state index in [2.05, 4.69) is 0 Å². The fraction of sp³-hybridized carbons (Fsp3) is 0.471. The van der Waals surface area contributed by atoms with Crippen molar-refractivity contribution < 1.29 is 19.0 Å². The Morgan fingerprint density at radius 2 is 1.68 bits per heavy atom. The van der Waals surface area contributed by atoms with Crippen LogP contribution in [0.4, 0.5) is 0 Å². The summed E-state index contributed by atoms with van der Waals surface area (Å²) in [6.07, 6.45) is 3.37. The topological polar surface area (TPSA) is 48.0 Å². The Hall–Kier alpha value is -1.85. The van der Waals surface area contributed by atoms with Gasteiger partial charge in [0.15, 0.2) is 0 Å². The average molecular weight is 307 g/mol. The first-order chi connectivity index (χ1) is 10.7. The molecule has 0 aliphatic carbocycles. The van der Waals surface area contributed by atoms with Crippen LogP contribution in [0.1, 0.15) is 12.5 Å². The minimum Gasteiger partial charge on any atom is -0.494 e. The highest BCUT2D eigenvalue weighted by Gasteiger charge is 2.09. The zero-order valence-electron chi connectivity index (χ0n) is 13.6. The van der Waals surface area contributed by atoms with E-state index in [-0.39, 0.29) is 5.91 Å². The number of methoxy groups -OCH3 is 2. The predicted molar refractivity (Wildman–Crippen MR) is 87.0 cm³/mol. The highest BCUT2D eigenvalue weighted by atomic mass is 16.5. The molecule has 0 aromatic heterocycles. The number of amides is 1. The molecule has 0 saturated carbocycles. The number of carbonyl (C=O) groups excluding carboxylic acids is 1. The Balaban J connectivity index is 2.61. The highest BCUT2D eigenvalue weighted by molar-refractivity contribution is 5.91. The largest absolute Gasteiger partial charge is 0.494 e. The lowest BCUT2D eigenvalue weighted by Gasteiger charge is -2.20. The summed E-state index contributed by atoms with van der Waals surface area (Å²) in [4.78, 5) is 13.9. The first-order valence-electron chi connectivity index (χ1n) is 7.39. The Morgan fingerprint density at radius 1 is 1.09 bits per heavy atom. The summed E-state index contributed by atoms with van der Waals surface area (Å²) in [5.74, 6) is 0.774. The van der Waals surface area contributed by atoms with E-state index < -0.39 is 0 Å². The number of benzene rings is 1. The zero-order valence-corrected chi connectivity index (χ0v) is 13.6. The second-order valence-electron chi connectivity index (χ2n) is 4.65. The van der Waals surface area contributed by atoms with E-state index in [0.717, 1.165) is 11.3 Å². The summed E-state index contributed by atoms with van der Waals surface area (Å²) >= 11 is 0. The van der Waals surface area contributed by atoms with E-state index in [1.807, 2.05) is 31.2 Å². The minimum atomic E-state index is -0.0528. The second-order valence-corrected chi connectivity index (χ2v) is 4.65. The zero-order chi connectivity index (χ0) is 16.2. The molecular formula is C17H25NO4. The molecule has 0 aliphatic rings. The summed E-state index contributed by atoms with van der Waals surface area (Å²) < 4.78 is 15.4. The van der Waals surface area contributed by atoms with Crippen LogP contribution in [0.2, 0.25) is 0 Å². The van der Waals surface area contributed by atoms with Gasteiger partial charge >= 0.3 is 0 Å². The van der Waals surface area contributed by atoms with Crippen LogP contribution in [-0.2, 0) is 14.3 Å². The molecule has 5 heteroatoms. The maximum absolute atomic E-state index is 12.2. The molecule has 1 aromatic carbocycles. The summed E-state index contributed by atoms with van der Waals surface area (Å²) in [6, 6.07) is 7.62. The molecule has 0 heterocycles. The number of ether oxygens (including phenoxy) is 3. The van der Waals surface area contributed by atoms with Gasteiger partial charge in [0.25, 0.3) is 0 Å². The van der Waals surface area contributed by atoms with Crippen LogP contribution in [0.5, 0.6) is 5.75 Å². The molecule has 22 heavy (non-hydrogen) atoms. The molecule has 0 atom stereocenters. The average Bonchev–Trinajstić information content (AvgIpc) is 2.54. The smallest absolute Gasteiger partial charge is 0.246 e. The molecular weight excluding hydrogens is 282 g/mol. The first kappa shape index (κ1) is 18.2. The fourth-order valence-corrected chi connectivity index (χ4v) is 1.85. The molecule has 5 nitrogen and oxygen atoms in total. The van der Waals surface area contributed by atoms with E-state index in [1.54, 1.807) is 31.3 Å². The van der Waals surface area contributed by atoms with Gasteiger partial charge in [-0.25, -0.2) is 0 Å². The number of hydrogen-bond donors (Lipinski definition) is 0. The second kappa shape index (κ2) is 10.8. The van der Waals surface area contributed by atoms with Gasteiger partial charge in [-0.3, -0.25) is 4.79 Å². The molecule has 0 spiro atoms. The Bertz CT molecular complexity index is 448. The summed E-state index contributed by atoms with van der Waals surface area (Å²) in [7, 11) is 3.24. The lowest BCUT2D eigenvalue weighted by atomic mass is 10.2. The highest BCUT2D eigenvalue weighted by Crippen LogP contribution is 2.13. The monoisotopic (exact) mass is 307 g/mol. The van der Waals surface area contributed by atoms with Crippen molar-refractivity contribution in [3.8, 4) is 5.75 Å². The van der Waals surface area contributed by atoms with Crippen LogP contribution >= 0.6 is 0 Å². The van der Waals surface area contributed by atoms with Gasteiger partial charge in [0.1, 0.15) is 5.75 Å². The Kier molecular flexibility index (Phi) is 8.95. The van der Waals surface area contributed by atoms with Crippen molar-refractivity contribution in [1.82, 2.24) is 4.90 Å². The van der Waals surface area contributed by atoms with Crippen molar-refractivity contribution in [2.24, 2.45) is 0 Å². The lowest BCUT2D eigenvalue weighted by molar-refractivity contribution is -0.127. The Morgan fingerprint density at radius 3 is 2.18 bits per heavy atom. The molecule has 0 unspecified atom stereocenters. The summed E-state index contributed by atoms with van der Waals surface area (Å²) in [5, 5.41) is 0. The fourth-order valence-electron chi connectivity index (χ4n) is 1.85. The van der Waals surface area contributed by atoms with Crippen molar-refractivity contribution in [2.75, 3.05) is 47.1 Å². The van der Waals surface area contributed by atoms with Gasteiger partial charge in [0.05, 0.1) is 19.8 Å². The van der Waals surface area contributed by atoms with Crippen LogP contribution < -0.4 is 4.74 Å². The van der Waals surface area contributed by atoms with Crippen molar-refractivity contribution in [3.63, 3.8) is 0 Å². The SMILES string of the molecule is CCOc1ccc(/C=C/C(=O)N(CCOC)CCOC)cc1. The van der Waals surface area contributed by atoms with Gasteiger partial charge in [-0.05, 0) is 30.7 Å². The molecule has 122 valence electrons. The number of carbonyl (C=O) groups is 1. The number of hydrogen-bond acceptors (Lipinski definition) is 4. The summed E-state index contributed by atoms with van der Waals surface area (Å²) in [5.41, 5.74) is 0.954. The van der Waals surface area contributed by atoms with Crippen LogP contribution in [0.3, 0.4) is 0 Å². The first-order valence-corrected chi connectivity index (χ1v) is 7.39. The molecule has 0 N–H and O–H groups in total. The minimum absolute atomic E-state index is 0.0528. The molecule has 0 radical (unpaired) electrons. The van der Waals surface area contributed by atoms with E-state index in [4.69, 9.17) is 14.2 Å². The third-order valence-corrected chi connectivity index (χ3v) is 3.05. The molecule has 0 aliphatic heterocycles. The van der Waals surface area contributed by atoms with Gasteiger partial charge in [-0.1, -0.05) is 12.1 Å². The van der Waals surface area contributed by atoms with Crippen LogP contribution in [0.15, 0.2) is 30.3 Å². The normalized spacial score (nSPS) is 10.9. The standard InChI is InChI=1S/C17H25NO4/c1-4-22-16-8-5-15(6-9-16)7-10-17(19)18(11-13-20-2)12-14-21-3/h5-10H,4,11-14H2,1-3H3/b10-7+. The molecule has 0 saturated heterocycles. The quantitative estimate of drug-likeness (QED) is 0.622. The maximum Gasteiger partial charge on any atom is 0.246 e. The molecule has 1 amide bonds. The van der Waals surface area contributed by atoms with E-state index in [0.29, 0.717) is 32.9 Å². The number of nitrogens with zero attached hydrogens (tertiary/aromatic N) is 1. The molecule has 0 fully saturated rings. The van der Waals surface area contributed by atoms with Gasteiger partial charge in [-0.2, -0.15) is 0 Å². The summed E-state index contributed by atoms with van der Waals surface area (Å²) in [6.45, 7) is 4.69. The van der Waals surface area contributed by atoms with Crippen molar-refractivity contribution >= 4 is 12.0 Å². The van der Waals surface area contributed by atoms with E-state index in [9.17, 15) is 4.79 Å². The molecule has 0 bridgehead atoms. The van der Waals surface area contributed by atoms with Crippen LogP contribution in [-0.4, -0.2) is 57.9 Å². The number of rotatable bonds is 10. The predicted octanol–water partition coefficient (Wildman–Crippen LogP) is 2.22.